The lowest BCUT2D eigenvalue weighted by atomic mass is 10.3. The van der Waals surface area contributed by atoms with Crippen molar-refractivity contribution in [1.82, 2.24) is 5.16 Å². The normalized spacial score (nSPS) is 11.0. The molecule has 1 aromatic heterocycles. The van der Waals surface area contributed by atoms with Crippen molar-refractivity contribution < 1.29 is 33.0 Å². The Bertz CT molecular complexity index is 239. The molecule has 0 saturated carbocycles. The molecule has 0 atom stereocenters. The fraction of sp³-hybridized carbons (Fsp3) is 0.625. The van der Waals surface area contributed by atoms with Crippen LogP contribution in [0.15, 0.2) is 10.6 Å². The lowest BCUT2D eigenvalue weighted by Crippen LogP contribution is -3.00. The lowest BCUT2D eigenvalue weighted by molar-refractivity contribution is -0.884. The quantitative estimate of drug-likeness (QED) is 0.472. The molecule has 0 aromatic carbocycles. The number of hydrogen-bond acceptors (Lipinski definition) is 2. The van der Waals surface area contributed by atoms with Gasteiger partial charge < -0.3 is 33.0 Å². The van der Waals surface area contributed by atoms with Crippen molar-refractivity contribution in [2.45, 2.75) is 13.5 Å². The monoisotopic (exact) mass is 282 g/mol. The molecule has 0 N–H and O–H groups in total. The number of aromatic nitrogens is 1. The van der Waals surface area contributed by atoms with Gasteiger partial charge in [0.2, 0.25) is 0 Å². The summed E-state index contributed by atoms with van der Waals surface area (Å²) in [5.74, 6) is 0.883. The van der Waals surface area contributed by atoms with E-state index in [9.17, 15) is 0 Å². The number of aryl methyl sites for hydroxylation is 1. The predicted molar refractivity (Wildman–Crippen MR) is 43.0 cm³/mol. The smallest absolute Gasteiger partial charge is 0.138 e. The third kappa shape index (κ3) is 4.06. The molecule has 1 rings (SSSR count). The highest BCUT2D eigenvalue weighted by molar-refractivity contribution is 5.01. The summed E-state index contributed by atoms with van der Waals surface area (Å²) in [5, 5.41) is 3.91. The molecule has 1 aromatic rings. The third-order valence-electron chi connectivity index (χ3n) is 1.31. The van der Waals surface area contributed by atoms with E-state index in [0.29, 0.717) is 0 Å². The van der Waals surface area contributed by atoms with Crippen LogP contribution in [0.4, 0.5) is 0 Å². The van der Waals surface area contributed by atoms with Gasteiger partial charge in [0.1, 0.15) is 18.0 Å². The lowest BCUT2D eigenvalue weighted by Gasteiger charge is -2.21. The van der Waals surface area contributed by atoms with E-state index in [-0.39, 0.29) is 24.0 Å². The van der Waals surface area contributed by atoms with Crippen molar-refractivity contribution in [3.63, 3.8) is 0 Å². The van der Waals surface area contributed by atoms with Crippen molar-refractivity contribution in [3.05, 3.63) is 17.5 Å². The molecule has 70 valence electrons. The van der Waals surface area contributed by atoms with Gasteiger partial charge in [-0.2, -0.15) is 0 Å². The van der Waals surface area contributed by atoms with E-state index in [4.69, 9.17) is 4.52 Å². The van der Waals surface area contributed by atoms with Gasteiger partial charge in [-0.25, -0.2) is 0 Å². The van der Waals surface area contributed by atoms with Crippen LogP contribution in [0.3, 0.4) is 0 Å². The van der Waals surface area contributed by atoms with Crippen molar-refractivity contribution in [2.24, 2.45) is 0 Å². The number of quaternary nitrogens is 1. The Balaban J connectivity index is 0.00000121. The minimum Gasteiger partial charge on any atom is -1.00 e. The van der Waals surface area contributed by atoms with E-state index in [2.05, 4.69) is 26.3 Å². The van der Waals surface area contributed by atoms with Crippen LogP contribution in [-0.2, 0) is 6.54 Å². The summed E-state index contributed by atoms with van der Waals surface area (Å²) in [4.78, 5) is 0. The Labute approximate surface area is 90.3 Å². The summed E-state index contributed by atoms with van der Waals surface area (Å²) in [5.41, 5.74) is 1.02. The van der Waals surface area contributed by atoms with Gasteiger partial charge in [0, 0.05) is 6.07 Å². The fourth-order valence-electron chi connectivity index (χ4n) is 0.978. The van der Waals surface area contributed by atoms with Crippen molar-refractivity contribution in [1.29, 1.82) is 0 Å². The summed E-state index contributed by atoms with van der Waals surface area (Å²) < 4.78 is 5.83. The van der Waals surface area contributed by atoms with Crippen LogP contribution in [0.25, 0.3) is 0 Å². The van der Waals surface area contributed by atoms with Crippen LogP contribution in [0.5, 0.6) is 0 Å². The zero-order valence-electron chi connectivity index (χ0n) is 7.97. The molecule has 0 fully saturated rings. The molecule has 0 aliphatic carbocycles. The molecule has 0 radical (unpaired) electrons. The molecular weight excluding hydrogens is 267 g/mol. The molecule has 1 heterocycles. The zero-order chi connectivity index (χ0) is 8.48. The van der Waals surface area contributed by atoms with Gasteiger partial charge in [0.05, 0.1) is 21.1 Å². The Morgan fingerprint density at radius 3 is 2.33 bits per heavy atom. The maximum atomic E-state index is 4.95. The van der Waals surface area contributed by atoms with Gasteiger partial charge >= 0.3 is 0 Å². The van der Waals surface area contributed by atoms with Crippen LogP contribution in [0.1, 0.15) is 11.5 Å². The van der Waals surface area contributed by atoms with Crippen LogP contribution in [-0.4, -0.2) is 30.8 Å². The van der Waals surface area contributed by atoms with Gasteiger partial charge in [0.15, 0.2) is 0 Å². The Hall–Kier alpha value is -0.100. The highest BCUT2D eigenvalue weighted by atomic mass is 127. The summed E-state index contributed by atoms with van der Waals surface area (Å²) in [7, 11) is 6.39. The van der Waals surface area contributed by atoms with E-state index < -0.39 is 0 Å². The molecule has 0 amide bonds. The molecule has 3 nitrogen and oxygen atoms in total. The molecule has 0 spiro atoms. The number of hydrogen-bond donors (Lipinski definition) is 0. The van der Waals surface area contributed by atoms with E-state index in [1.54, 1.807) is 0 Å². The Kier molecular flexibility index (Phi) is 4.19. The minimum absolute atomic E-state index is 0. The van der Waals surface area contributed by atoms with Gasteiger partial charge in [-0.1, -0.05) is 5.16 Å². The summed E-state index contributed by atoms with van der Waals surface area (Å²) in [6, 6.07) is 1.98. The van der Waals surface area contributed by atoms with Gasteiger partial charge in [-0.3, -0.25) is 0 Å². The SMILES string of the molecule is Cc1cc(C[N+](C)(C)C)no1.[I-]. The third-order valence-corrected chi connectivity index (χ3v) is 1.31. The minimum atomic E-state index is 0. The van der Waals surface area contributed by atoms with E-state index >= 15 is 0 Å². The molecule has 12 heavy (non-hydrogen) atoms. The topological polar surface area (TPSA) is 26.0 Å². The largest absolute Gasteiger partial charge is 1.00 e. The van der Waals surface area contributed by atoms with Gasteiger partial charge in [-0.15, -0.1) is 0 Å². The highest BCUT2D eigenvalue weighted by Crippen LogP contribution is 2.06. The van der Waals surface area contributed by atoms with E-state index in [1.807, 2.05) is 13.0 Å². The average molecular weight is 282 g/mol. The van der Waals surface area contributed by atoms with Crippen molar-refractivity contribution in [2.75, 3.05) is 21.1 Å². The van der Waals surface area contributed by atoms with Crippen LogP contribution in [0, 0.1) is 6.92 Å². The summed E-state index contributed by atoms with van der Waals surface area (Å²) in [6.07, 6.45) is 0. The standard InChI is InChI=1S/C8H15N2O.HI/c1-7-5-8(9-11-7)6-10(2,3)4;/h5H,6H2,1-4H3;1H/q+1;/p-1. The first-order valence-corrected chi connectivity index (χ1v) is 3.70. The molecule has 4 heteroatoms. The molecule has 0 aliphatic rings. The summed E-state index contributed by atoms with van der Waals surface area (Å²) in [6.45, 7) is 2.82. The fourth-order valence-corrected chi connectivity index (χ4v) is 0.978. The van der Waals surface area contributed by atoms with Crippen LogP contribution < -0.4 is 24.0 Å². The first-order valence-electron chi connectivity index (χ1n) is 3.70. The second kappa shape index (κ2) is 4.23. The van der Waals surface area contributed by atoms with E-state index in [0.717, 1.165) is 22.5 Å². The second-order valence-electron chi connectivity index (χ2n) is 3.88. The first kappa shape index (κ1) is 11.9. The first-order chi connectivity index (χ1) is 4.97. The maximum Gasteiger partial charge on any atom is 0.138 e. The van der Waals surface area contributed by atoms with Crippen molar-refractivity contribution in [3.8, 4) is 0 Å². The van der Waals surface area contributed by atoms with Gasteiger partial charge in [-0.05, 0) is 6.92 Å². The zero-order valence-corrected chi connectivity index (χ0v) is 10.1. The van der Waals surface area contributed by atoms with Gasteiger partial charge in [0.25, 0.3) is 0 Å². The summed E-state index contributed by atoms with van der Waals surface area (Å²) >= 11 is 0. The average Bonchev–Trinajstić information content (AvgIpc) is 2.10. The van der Waals surface area contributed by atoms with E-state index in [1.165, 1.54) is 0 Å². The Morgan fingerprint density at radius 1 is 1.42 bits per heavy atom. The van der Waals surface area contributed by atoms with Crippen LogP contribution in [0.2, 0.25) is 0 Å². The molecule has 0 saturated heterocycles. The molecular formula is C8H15IN2O. The van der Waals surface area contributed by atoms with Crippen LogP contribution >= 0.6 is 0 Å². The maximum absolute atomic E-state index is 4.95. The predicted octanol–water partition coefficient (Wildman–Crippen LogP) is -1.81. The molecule has 0 unspecified atom stereocenters. The Morgan fingerprint density at radius 2 is 2.00 bits per heavy atom. The molecule has 0 bridgehead atoms. The number of halogens is 1. The number of rotatable bonds is 2. The molecule has 0 aliphatic heterocycles. The highest BCUT2D eigenvalue weighted by Gasteiger charge is 2.11. The second-order valence-corrected chi connectivity index (χ2v) is 3.88. The van der Waals surface area contributed by atoms with Crippen molar-refractivity contribution >= 4 is 0 Å². The number of nitrogens with zero attached hydrogens (tertiary/aromatic N) is 2.